The van der Waals surface area contributed by atoms with E-state index in [1.165, 1.54) is 27.5 Å². The summed E-state index contributed by atoms with van der Waals surface area (Å²) in [4.78, 5) is 14.7. The Morgan fingerprint density at radius 2 is 0.936 bits per heavy atom. The maximum atomic E-state index is 6.19. The highest BCUT2D eigenvalue weighted by Crippen LogP contribution is 2.43. The topological polar surface area (TPSA) is 63.8 Å². The van der Waals surface area contributed by atoms with Crippen LogP contribution in [0.15, 0.2) is 156 Å². The lowest BCUT2D eigenvalue weighted by Gasteiger charge is -2.18. The molecule has 1 N–H and O–H groups in total. The number of hydrogen-bond acceptors (Lipinski definition) is 5. The van der Waals surface area contributed by atoms with Crippen molar-refractivity contribution in [3.8, 4) is 45.3 Å². The fraction of sp³-hybridized carbons (Fsp3) is 0.0238. The van der Waals surface area contributed by atoms with Crippen molar-refractivity contribution in [1.29, 1.82) is 0 Å². The molecule has 5 nitrogen and oxygen atoms in total. The highest BCUT2D eigenvalue weighted by atomic mass is 16.3. The Hall–Kier alpha value is -6.33. The van der Waals surface area contributed by atoms with Crippen LogP contribution in [0.3, 0.4) is 0 Å². The SMILES string of the molecule is C1=C(c2ccc(-c3ccc(-c4nc(-c5ccccc5)nc(-c5ccccc5)n4)cc3)c3ccccc23)c2c(oc3ccccc23)NC1. The molecule has 0 fully saturated rings. The second kappa shape index (κ2) is 11.2. The zero-order valence-corrected chi connectivity index (χ0v) is 25.4. The van der Waals surface area contributed by atoms with Gasteiger partial charge in [0, 0.05) is 28.6 Å². The van der Waals surface area contributed by atoms with Gasteiger partial charge in [-0.3, -0.25) is 0 Å². The minimum Gasteiger partial charge on any atom is -0.440 e. The van der Waals surface area contributed by atoms with E-state index in [-0.39, 0.29) is 0 Å². The molecule has 6 aromatic carbocycles. The number of nitrogens with zero attached hydrogens (tertiary/aromatic N) is 3. The van der Waals surface area contributed by atoms with E-state index in [0.29, 0.717) is 17.5 Å². The minimum absolute atomic E-state index is 0.644. The van der Waals surface area contributed by atoms with Gasteiger partial charge >= 0.3 is 0 Å². The van der Waals surface area contributed by atoms with E-state index in [4.69, 9.17) is 19.4 Å². The second-order valence-electron chi connectivity index (χ2n) is 11.6. The van der Waals surface area contributed by atoms with Crippen LogP contribution in [0.2, 0.25) is 0 Å². The van der Waals surface area contributed by atoms with E-state index >= 15 is 0 Å². The van der Waals surface area contributed by atoms with E-state index in [2.05, 4.69) is 84.2 Å². The summed E-state index contributed by atoms with van der Waals surface area (Å²) in [5.41, 5.74) is 9.55. The van der Waals surface area contributed by atoms with Crippen molar-refractivity contribution in [2.75, 3.05) is 11.9 Å². The third-order valence-electron chi connectivity index (χ3n) is 8.80. The van der Waals surface area contributed by atoms with Crippen molar-refractivity contribution in [2.24, 2.45) is 0 Å². The summed E-state index contributed by atoms with van der Waals surface area (Å²) in [6.45, 7) is 0.717. The number of hydrogen-bond donors (Lipinski definition) is 1. The van der Waals surface area contributed by atoms with E-state index < -0.39 is 0 Å². The molecule has 0 aliphatic carbocycles. The van der Waals surface area contributed by atoms with Crippen molar-refractivity contribution in [1.82, 2.24) is 15.0 Å². The van der Waals surface area contributed by atoms with Crippen LogP contribution in [0.1, 0.15) is 11.1 Å². The van der Waals surface area contributed by atoms with Crippen molar-refractivity contribution < 1.29 is 4.42 Å². The van der Waals surface area contributed by atoms with Crippen LogP contribution in [-0.4, -0.2) is 21.5 Å². The summed E-state index contributed by atoms with van der Waals surface area (Å²) in [5.74, 6) is 2.78. The van der Waals surface area contributed by atoms with Crippen LogP contribution in [0.25, 0.3) is 72.6 Å². The molecule has 3 heterocycles. The standard InChI is InChI=1S/C42H28N4O/c1-3-11-28(12-4-1)39-44-40(29-13-5-2-6-14-29)46-41(45-39)30-21-19-27(20-22-30)31-23-24-34(33-16-8-7-15-32(31)33)35-25-26-43-42-38(35)36-17-9-10-18-37(36)47-42/h1-25,43H,26H2. The monoisotopic (exact) mass is 604 g/mol. The molecule has 0 unspecified atom stereocenters. The van der Waals surface area contributed by atoms with Gasteiger partial charge < -0.3 is 9.73 Å². The lowest BCUT2D eigenvalue weighted by Crippen LogP contribution is -2.07. The number of aromatic nitrogens is 3. The molecule has 0 atom stereocenters. The van der Waals surface area contributed by atoms with Crippen LogP contribution in [0.4, 0.5) is 5.88 Å². The normalized spacial score (nSPS) is 12.5. The van der Waals surface area contributed by atoms with Gasteiger partial charge in [0.2, 0.25) is 5.88 Å². The number of furan rings is 1. The smallest absolute Gasteiger partial charge is 0.202 e. The van der Waals surface area contributed by atoms with E-state index in [9.17, 15) is 0 Å². The average Bonchev–Trinajstić information content (AvgIpc) is 3.54. The summed E-state index contributed by atoms with van der Waals surface area (Å²) in [7, 11) is 0. The van der Waals surface area contributed by atoms with Crippen LogP contribution in [0.5, 0.6) is 0 Å². The number of benzene rings is 6. The minimum atomic E-state index is 0.644. The first-order valence-corrected chi connectivity index (χ1v) is 15.8. The first-order valence-electron chi connectivity index (χ1n) is 15.8. The Kier molecular flexibility index (Phi) is 6.46. The van der Waals surface area contributed by atoms with Gasteiger partial charge in [-0.25, -0.2) is 15.0 Å². The summed E-state index contributed by atoms with van der Waals surface area (Å²) in [5, 5.41) is 6.95. The number of fused-ring (bicyclic) bond motifs is 4. The zero-order valence-electron chi connectivity index (χ0n) is 25.4. The Morgan fingerprint density at radius 3 is 1.57 bits per heavy atom. The molecule has 9 rings (SSSR count). The number of rotatable bonds is 5. The lowest BCUT2D eigenvalue weighted by atomic mass is 9.88. The van der Waals surface area contributed by atoms with Crippen molar-refractivity contribution in [3.63, 3.8) is 0 Å². The molecule has 0 saturated heterocycles. The molecule has 5 heteroatoms. The molecule has 0 radical (unpaired) electrons. The predicted molar refractivity (Wildman–Crippen MR) is 191 cm³/mol. The van der Waals surface area contributed by atoms with Crippen molar-refractivity contribution >= 4 is 33.2 Å². The Balaban J connectivity index is 1.12. The van der Waals surface area contributed by atoms with E-state index in [0.717, 1.165) is 51.2 Å². The van der Waals surface area contributed by atoms with E-state index in [1.807, 2.05) is 72.8 Å². The first kappa shape index (κ1) is 27.0. The van der Waals surface area contributed by atoms with Gasteiger partial charge in [0.25, 0.3) is 0 Å². The average molecular weight is 605 g/mol. The molecule has 0 amide bonds. The van der Waals surface area contributed by atoms with Crippen molar-refractivity contribution in [2.45, 2.75) is 0 Å². The highest BCUT2D eigenvalue weighted by molar-refractivity contribution is 6.09. The van der Waals surface area contributed by atoms with Crippen LogP contribution in [0, 0.1) is 0 Å². The molecular weight excluding hydrogens is 576 g/mol. The Bertz CT molecular complexity index is 2390. The highest BCUT2D eigenvalue weighted by Gasteiger charge is 2.23. The molecule has 0 saturated carbocycles. The van der Waals surface area contributed by atoms with Gasteiger partial charge in [-0.15, -0.1) is 0 Å². The molecule has 2 aromatic heterocycles. The quantitative estimate of drug-likeness (QED) is 0.212. The third kappa shape index (κ3) is 4.77. The molecule has 1 aliphatic rings. The van der Waals surface area contributed by atoms with Gasteiger partial charge in [0.15, 0.2) is 17.5 Å². The molecule has 0 bridgehead atoms. The molecule has 47 heavy (non-hydrogen) atoms. The third-order valence-corrected chi connectivity index (χ3v) is 8.80. The number of para-hydroxylation sites is 1. The fourth-order valence-corrected chi connectivity index (χ4v) is 6.55. The van der Waals surface area contributed by atoms with Gasteiger partial charge in [-0.2, -0.15) is 0 Å². The molecule has 222 valence electrons. The van der Waals surface area contributed by atoms with Gasteiger partial charge in [0.1, 0.15) is 5.58 Å². The fourth-order valence-electron chi connectivity index (χ4n) is 6.55. The largest absolute Gasteiger partial charge is 0.440 e. The maximum Gasteiger partial charge on any atom is 0.202 e. The summed E-state index contributed by atoms with van der Waals surface area (Å²) in [6.07, 6.45) is 2.27. The van der Waals surface area contributed by atoms with Crippen molar-refractivity contribution in [3.05, 3.63) is 163 Å². The van der Waals surface area contributed by atoms with Crippen LogP contribution < -0.4 is 5.32 Å². The Labute approximate surface area is 271 Å². The second-order valence-corrected chi connectivity index (χ2v) is 11.6. The van der Waals surface area contributed by atoms with Gasteiger partial charge in [-0.05, 0) is 39.1 Å². The van der Waals surface area contributed by atoms with Gasteiger partial charge in [-0.1, -0.05) is 146 Å². The van der Waals surface area contributed by atoms with Crippen LogP contribution >= 0.6 is 0 Å². The van der Waals surface area contributed by atoms with Gasteiger partial charge in [0.05, 0.1) is 5.56 Å². The molecule has 1 aliphatic heterocycles. The summed E-state index contributed by atoms with van der Waals surface area (Å²) in [6, 6.07) is 50.1. The number of anilines is 1. The molecule has 8 aromatic rings. The first-order chi connectivity index (χ1) is 23.3. The van der Waals surface area contributed by atoms with Crippen LogP contribution in [-0.2, 0) is 0 Å². The molecular formula is C42H28N4O. The predicted octanol–water partition coefficient (Wildman–Crippen LogP) is 10.3. The summed E-state index contributed by atoms with van der Waals surface area (Å²) >= 11 is 0. The molecule has 0 spiro atoms. The maximum absolute atomic E-state index is 6.19. The zero-order chi connectivity index (χ0) is 31.2. The Morgan fingerprint density at radius 1 is 0.447 bits per heavy atom. The summed E-state index contributed by atoms with van der Waals surface area (Å²) < 4.78 is 6.19. The number of nitrogens with one attached hydrogen (secondary N) is 1. The van der Waals surface area contributed by atoms with E-state index in [1.54, 1.807) is 0 Å². The lowest BCUT2D eigenvalue weighted by molar-refractivity contribution is 0.627.